The predicted molar refractivity (Wildman–Crippen MR) is 79.6 cm³/mol. The van der Waals surface area contributed by atoms with Crippen molar-refractivity contribution in [2.45, 2.75) is 23.1 Å². The van der Waals surface area contributed by atoms with E-state index in [-0.39, 0.29) is 11.3 Å². The zero-order valence-corrected chi connectivity index (χ0v) is 12.8. The summed E-state index contributed by atoms with van der Waals surface area (Å²) < 4.78 is 2.90. The summed E-state index contributed by atoms with van der Waals surface area (Å²) >= 11 is 5.21. The summed E-state index contributed by atoms with van der Waals surface area (Å²) in [5, 5.41) is 4.44. The average Bonchev–Trinajstić information content (AvgIpc) is 2.74. The summed E-state index contributed by atoms with van der Waals surface area (Å²) in [6, 6.07) is 8.36. The molecule has 2 rings (SSSR count). The molecule has 0 aliphatic heterocycles. The zero-order chi connectivity index (χ0) is 13.1. The fraction of sp³-hybridized carbons (Fsp3) is 0.308. The molecule has 2 unspecified atom stereocenters. The molecule has 0 radical (unpaired) electrons. The Morgan fingerprint density at radius 2 is 2.00 bits per heavy atom. The standard InChI is InChI=1S/C13H16BrN3S/c1-9(15)13(10-7-16-17(2)8-10)18-12-5-3-11(14)4-6-12/h3-9,13H,15H2,1-2H3. The van der Waals surface area contributed by atoms with Crippen molar-refractivity contribution in [3.05, 3.63) is 46.7 Å². The molecule has 0 aliphatic carbocycles. The molecule has 96 valence electrons. The highest BCUT2D eigenvalue weighted by atomic mass is 79.9. The Hall–Kier alpha value is -0.780. The normalized spacial score (nSPS) is 14.4. The Morgan fingerprint density at radius 1 is 1.33 bits per heavy atom. The fourth-order valence-electron chi connectivity index (χ4n) is 1.73. The number of hydrogen-bond donors (Lipinski definition) is 1. The van der Waals surface area contributed by atoms with E-state index in [0.717, 1.165) is 4.47 Å². The van der Waals surface area contributed by atoms with Gasteiger partial charge in [0.05, 0.1) is 11.4 Å². The Kier molecular flexibility index (Phi) is 4.48. The molecule has 0 saturated heterocycles. The van der Waals surface area contributed by atoms with Crippen molar-refractivity contribution in [2.24, 2.45) is 12.8 Å². The second-order valence-corrected chi connectivity index (χ2v) is 6.43. The largest absolute Gasteiger partial charge is 0.327 e. The van der Waals surface area contributed by atoms with E-state index in [9.17, 15) is 0 Å². The van der Waals surface area contributed by atoms with Gasteiger partial charge < -0.3 is 5.73 Å². The topological polar surface area (TPSA) is 43.8 Å². The minimum Gasteiger partial charge on any atom is -0.327 e. The van der Waals surface area contributed by atoms with Gasteiger partial charge in [0, 0.05) is 34.2 Å². The minimum atomic E-state index is 0.0721. The summed E-state index contributed by atoms with van der Waals surface area (Å²) in [7, 11) is 1.92. The molecule has 5 heteroatoms. The van der Waals surface area contributed by atoms with Crippen LogP contribution >= 0.6 is 27.7 Å². The van der Waals surface area contributed by atoms with Crippen LogP contribution < -0.4 is 5.73 Å². The molecule has 0 saturated carbocycles. The molecular formula is C13H16BrN3S. The lowest BCUT2D eigenvalue weighted by Gasteiger charge is -2.19. The summed E-state index contributed by atoms with van der Waals surface area (Å²) in [6.07, 6.45) is 3.92. The summed E-state index contributed by atoms with van der Waals surface area (Å²) in [4.78, 5) is 1.21. The average molecular weight is 326 g/mol. The Bertz CT molecular complexity index is 507. The van der Waals surface area contributed by atoms with Crippen molar-refractivity contribution >= 4 is 27.7 Å². The summed E-state index contributed by atoms with van der Waals surface area (Å²) in [5.41, 5.74) is 7.26. The molecule has 2 atom stereocenters. The molecule has 0 bridgehead atoms. The van der Waals surface area contributed by atoms with Crippen LogP contribution in [0.5, 0.6) is 0 Å². The molecular weight excluding hydrogens is 310 g/mol. The van der Waals surface area contributed by atoms with Gasteiger partial charge in [-0.1, -0.05) is 15.9 Å². The van der Waals surface area contributed by atoms with Crippen LogP contribution in [0.3, 0.4) is 0 Å². The van der Waals surface area contributed by atoms with Gasteiger partial charge in [0.2, 0.25) is 0 Å². The van der Waals surface area contributed by atoms with Crippen LogP contribution in [0.2, 0.25) is 0 Å². The third-order valence-corrected chi connectivity index (χ3v) is 4.64. The maximum atomic E-state index is 6.09. The maximum Gasteiger partial charge on any atom is 0.0533 e. The first kappa shape index (κ1) is 13.6. The van der Waals surface area contributed by atoms with Crippen LogP contribution in [0.1, 0.15) is 17.7 Å². The van der Waals surface area contributed by atoms with Crippen LogP contribution in [-0.2, 0) is 7.05 Å². The number of aromatic nitrogens is 2. The maximum absolute atomic E-state index is 6.09. The van der Waals surface area contributed by atoms with Gasteiger partial charge in [-0.25, -0.2) is 0 Å². The van der Waals surface area contributed by atoms with E-state index in [4.69, 9.17) is 5.73 Å². The Labute approximate surface area is 120 Å². The third kappa shape index (κ3) is 3.37. The van der Waals surface area contributed by atoms with E-state index in [0.29, 0.717) is 0 Å². The van der Waals surface area contributed by atoms with Gasteiger partial charge >= 0.3 is 0 Å². The zero-order valence-electron chi connectivity index (χ0n) is 10.4. The van der Waals surface area contributed by atoms with Crippen molar-refractivity contribution in [2.75, 3.05) is 0 Å². The van der Waals surface area contributed by atoms with Crippen LogP contribution in [0.25, 0.3) is 0 Å². The number of thioether (sulfide) groups is 1. The van der Waals surface area contributed by atoms with Gasteiger partial charge in [-0.2, -0.15) is 5.10 Å². The van der Waals surface area contributed by atoms with Crippen molar-refractivity contribution in [3.8, 4) is 0 Å². The lowest BCUT2D eigenvalue weighted by atomic mass is 10.1. The number of rotatable bonds is 4. The van der Waals surface area contributed by atoms with Crippen molar-refractivity contribution < 1.29 is 0 Å². The quantitative estimate of drug-likeness (QED) is 0.876. The smallest absolute Gasteiger partial charge is 0.0533 e. The highest BCUT2D eigenvalue weighted by molar-refractivity contribution is 9.10. The number of nitrogens with two attached hydrogens (primary N) is 1. The van der Waals surface area contributed by atoms with E-state index in [1.165, 1.54) is 10.5 Å². The number of hydrogen-bond acceptors (Lipinski definition) is 3. The number of benzene rings is 1. The molecule has 0 fully saturated rings. The number of aryl methyl sites for hydroxylation is 1. The molecule has 0 amide bonds. The molecule has 3 nitrogen and oxygen atoms in total. The molecule has 1 heterocycles. The number of nitrogens with zero attached hydrogens (tertiary/aromatic N) is 2. The first-order valence-corrected chi connectivity index (χ1v) is 7.40. The Balaban J connectivity index is 2.19. The van der Waals surface area contributed by atoms with Crippen LogP contribution in [-0.4, -0.2) is 15.8 Å². The van der Waals surface area contributed by atoms with E-state index < -0.39 is 0 Å². The lowest BCUT2D eigenvalue weighted by molar-refractivity contribution is 0.718. The second-order valence-electron chi connectivity index (χ2n) is 4.30. The molecule has 2 aromatic rings. The molecule has 1 aromatic heterocycles. The Morgan fingerprint density at radius 3 is 2.50 bits per heavy atom. The van der Waals surface area contributed by atoms with Crippen LogP contribution in [0.4, 0.5) is 0 Å². The van der Waals surface area contributed by atoms with Gasteiger partial charge in [-0.05, 0) is 31.2 Å². The third-order valence-electron chi connectivity index (χ3n) is 2.61. The van der Waals surface area contributed by atoms with Crippen molar-refractivity contribution in [3.63, 3.8) is 0 Å². The highest BCUT2D eigenvalue weighted by Gasteiger charge is 2.19. The van der Waals surface area contributed by atoms with E-state index in [2.05, 4.69) is 33.2 Å². The first-order valence-electron chi connectivity index (χ1n) is 5.72. The van der Waals surface area contributed by atoms with Crippen LogP contribution in [0.15, 0.2) is 46.0 Å². The van der Waals surface area contributed by atoms with Gasteiger partial charge in [-0.3, -0.25) is 4.68 Å². The van der Waals surface area contributed by atoms with Gasteiger partial charge in [-0.15, -0.1) is 11.8 Å². The van der Waals surface area contributed by atoms with E-state index >= 15 is 0 Å². The SMILES string of the molecule is CC(N)C(Sc1ccc(Br)cc1)c1cnn(C)c1. The summed E-state index contributed by atoms with van der Waals surface area (Å²) in [6.45, 7) is 2.03. The first-order chi connectivity index (χ1) is 8.56. The molecule has 0 aliphatic rings. The van der Waals surface area contributed by atoms with Gasteiger partial charge in [0.25, 0.3) is 0 Å². The van der Waals surface area contributed by atoms with E-state index in [1.807, 2.05) is 43.2 Å². The minimum absolute atomic E-state index is 0.0721. The van der Waals surface area contributed by atoms with Crippen molar-refractivity contribution in [1.29, 1.82) is 0 Å². The monoisotopic (exact) mass is 325 g/mol. The van der Waals surface area contributed by atoms with Gasteiger partial charge in [0.15, 0.2) is 0 Å². The second kappa shape index (κ2) is 5.91. The fourth-order valence-corrected chi connectivity index (χ4v) is 3.05. The highest BCUT2D eigenvalue weighted by Crippen LogP contribution is 2.37. The lowest BCUT2D eigenvalue weighted by Crippen LogP contribution is -2.22. The predicted octanol–water partition coefficient (Wildman–Crippen LogP) is 3.36. The summed E-state index contributed by atoms with van der Waals surface area (Å²) in [5.74, 6) is 0. The number of halogens is 1. The van der Waals surface area contributed by atoms with Gasteiger partial charge in [0.1, 0.15) is 0 Å². The molecule has 18 heavy (non-hydrogen) atoms. The molecule has 0 spiro atoms. The van der Waals surface area contributed by atoms with Crippen LogP contribution in [0, 0.1) is 0 Å². The van der Waals surface area contributed by atoms with E-state index in [1.54, 1.807) is 11.8 Å². The molecule has 1 aromatic carbocycles. The molecule has 2 N–H and O–H groups in total. The van der Waals surface area contributed by atoms with Crippen molar-refractivity contribution in [1.82, 2.24) is 9.78 Å².